The highest BCUT2D eigenvalue weighted by atomic mass is 32.2. The topological polar surface area (TPSA) is 66.4 Å². The molecule has 1 aromatic carbocycles. The van der Waals surface area contributed by atoms with E-state index in [1.807, 2.05) is 32.2 Å². The third kappa shape index (κ3) is 4.28. The number of carboxylic acid groups (broad SMARTS) is 1. The van der Waals surface area contributed by atoms with Crippen LogP contribution in [0.25, 0.3) is 0 Å². The molecule has 0 aliphatic heterocycles. The van der Waals surface area contributed by atoms with Crippen molar-refractivity contribution >= 4 is 23.6 Å². The van der Waals surface area contributed by atoms with Gasteiger partial charge < -0.3 is 10.4 Å². The zero-order valence-corrected chi connectivity index (χ0v) is 12.2. The van der Waals surface area contributed by atoms with Crippen molar-refractivity contribution in [2.75, 3.05) is 12.0 Å². The first kappa shape index (κ1) is 15.6. The van der Waals surface area contributed by atoms with Crippen LogP contribution >= 0.6 is 11.8 Å². The Labute approximate surface area is 117 Å². The van der Waals surface area contributed by atoms with Crippen molar-refractivity contribution in [2.24, 2.45) is 0 Å². The molecule has 0 aliphatic carbocycles. The maximum absolute atomic E-state index is 11.7. The van der Waals surface area contributed by atoms with Gasteiger partial charge in [-0.05, 0) is 36.8 Å². The van der Waals surface area contributed by atoms with Gasteiger partial charge in [-0.1, -0.05) is 18.2 Å². The molecule has 0 aliphatic rings. The Morgan fingerprint density at radius 1 is 1.37 bits per heavy atom. The number of amides is 1. The zero-order valence-electron chi connectivity index (χ0n) is 11.4. The van der Waals surface area contributed by atoms with Crippen LogP contribution in [0.15, 0.2) is 18.2 Å². The molecule has 19 heavy (non-hydrogen) atoms. The van der Waals surface area contributed by atoms with Crippen LogP contribution in [-0.2, 0) is 9.59 Å². The average molecular weight is 281 g/mol. The van der Waals surface area contributed by atoms with Crippen LogP contribution in [0.3, 0.4) is 0 Å². The number of hydrogen-bond donors (Lipinski definition) is 2. The Morgan fingerprint density at radius 2 is 2.05 bits per heavy atom. The molecule has 0 spiro atoms. The molecule has 0 saturated carbocycles. The summed E-state index contributed by atoms with van der Waals surface area (Å²) in [4.78, 5) is 23.1. The number of thioether (sulfide) groups is 1. The van der Waals surface area contributed by atoms with Crippen molar-refractivity contribution in [3.63, 3.8) is 0 Å². The van der Waals surface area contributed by atoms with E-state index < -0.39 is 12.0 Å². The van der Waals surface area contributed by atoms with E-state index in [4.69, 9.17) is 0 Å². The first-order valence-corrected chi connectivity index (χ1v) is 7.44. The Hall–Kier alpha value is -1.49. The molecule has 1 rings (SSSR count). The summed E-state index contributed by atoms with van der Waals surface area (Å²) in [6, 6.07) is 4.50. The van der Waals surface area contributed by atoms with Gasteiger partial charge in [-0.3, -0.25) is 4.79 Å². The molecular weight excluding hydrogens is 262 g/mol. The van der Waals surface area contributed by atoms with Crippen LogP contribution in [0, 0.1) is 13.8 Å². The summed E-state index contributed by atoms with van der Waals surface area (Å²) in [5.41, 5.74) is 2.56. The minimum Gasteiger partial charge on any atom is -0.479 e. The zero-order chi connectivity index (χ0) is 14.4. The van der Waals surface area contributed by atoms with Gasteiger partial charge in [-0.2, -0.15) is 11.8 Å². The quantitative estimate of drug-likeness (QED) is 0.839. The van der Waals surface area contributed by atoms with Gasteiger partial charge in [0.15, 0.2) is 6.04 Å². The summed E-state index contributed by atoms with van der Waals surface area (Å²) >= 11 is 1.56. The highest BCUT2D eigenvalue weighted by Crippen LogP contribution is 2.21. The SMILES string of the molecule is CSCCC(=O)NC(C(=O)O)c1cccc(C)c1C. The van der Waals surface area contributed by atoms with E-state index in [-0.39, 0.29) is 5.91 Å². The summed E-state index contributed by atoms with van der Waals surface area (Å²) in [7, 11) is 0. The smallest absolute Gasteiger partial charge is 0.330 e. The van der Waals surface area contributed by atoms with Crippen LogP contribution in [-0.4, -0.2) is 29.0 Å². The van der Waals surface area contributed by atoms with E-state index in [9.17, 15) is 14.7 Å². The minimum atomic E-state index is -1.04. The summed E-state index contributed by atoms with van der Waals surface area (Å²) in [6.45, 7) is 3.79. The number of carboxylic acids is 1. The van der Waals surface area contributed by atoms with E-state index in [2.05, 4.69) is 5.32 Å². The first-order valence-electron chi connectivity index (χ1n) is 6.04. The van der Waals surface area contributed by atoms with Gasteiger partial charge in [-0.15, -0.1) is 0 Å². The Bertz CT molecular complexity index is 474. The first-order chi connectivity index (χ1) is 8.97. The molecule has 0 saturated heterocycles. The molecule has 0 radical (unpaired) electrons. The number of aryl methyl sites for hydroxylation is 1. The van der Waals surface area contributed by atoms with Gasteiger partial charge >= 0.3 is 5.97 Å². The predicted octanol–water partition coefficient (Wildman–Crippen LogP) is 2.30. The second-order valence-corrected chi connectivity index (χ2v) is 5.36. The van der Waals surface area contributed by atoms with Gasteiger partial charge in [0.05, 0.1) is 0 Å². The maximum atomic E-state index is 11.7. The van der Waals surface area contributed by atoms with E-state index in [1.54, 1.807) is 17.8 Å². The lowest BCUT2D eigenvalue weighted by atomic mass is 9.97. The second-order valence-electron chi connectivity index (χ2n) is 4.37. The van der Waals surface area contributed by atoms with Crippen LogP contribution in [0.4, 0.5) is 0 Å². The summed E-state index contributed by atoms with van der Waals surface area (Å²) in [5, 5.41) is 11.9. The number of aliphatic carboxylic acids is 1. The third-order valence-electron chi connectivity index (χ3n) is 3.04. The van der Waals surface area contributed by atoms with Crippen molar-refractivity contribution < 1.29 is 14.7 Å². The Morgan fingerprint density at radius 3 is 2.63 bits per heavy atom. The van der Waals surface area contributed by atoms with E-state index >= 15 is 0 Å². The number of carbonyl (C=O) groups is 2. The lowest BCUT2D eigenvalue weighted by Gasteiger charge is -2.18. The molecule has 4 nitrogen and oxygen atoms in total. The van der Waals surface area contributed by atoms with Crippen LogP contribution < -0.4 is 5.32 Å². The van der Waals surface area contributed by atoms with Crippen molar-refractivity contribution in [2.45, 2.75) is 26.3 Å². The van der Waals surface area contributed by atoms with Gasteiger partial charge in [0.2, 0.25) is 5.91 Å². The van der Waals surface area contributed by atoms with Gasteiger partial charge in [0.25, 0.3) is 0 Å². The monoisotopic (exact) mass is 281 g/mol. The van der Waals surface area contributed by atoms with Crippen molar-refractivity contribution in [3.05, 3.63) is 34.9 Å². The number of rotatable bonds is 6. The molecule has 0 heterocycles. The molecule has 1 aromatic rings. The minimum absolute atomic E-state index is 0.234. The van der Waals surface area contributed by atoms with Gasteiger partial charge in [0.1, 0.15) is 0 Å². The van der Waals surface area contributed by atoms with Crippen LogP contribution in [0.1, 0.15) is 29.2 Å². The second kappa shape index (κ2) is 7.19. The fraction of sp³-hybridized carbons (Fsp3) is 0.429. The average Bonchev–Trinajstić information content (AvgIpc) is 2.37. The molecule has 5 heteroatoms. The fourth-order valence-corrected chi connectivity index (χ4v) is 2.18. The molecule has 0 bridgehead atoms. The number of nitrogens with one attached hydrogen (secondary N) is 1. The van der Waals surface area contributed by atoms with Crippen LogP contribution in [0.5, 0.6) is 0 Å². The highest BCUT2D eigenvalue weighted by Gasteiger charge is 2.23. The molecule has 0 fully saturated rings. The molecular formula is C14H19NO3S. The largest absolute Gasteiger partial charge is 0.479 e. The Kier molecular flexibility index (Phi) is 5.89. The van der Waals surface area contributed by atoms with Gasteiger partial charge in [0, 0.05) is 12.2 Å². The van der Waals surface area contributed by atoms with E-state index in [0.29, 0.717) is 17.7 Å². The molecule has 1 amide bonds. The van der Waals surface area contributed by atoms with E-state index in [1.165, 1.54) is 0 Å². The summed E-state index contributed by atoms with van der Waals surface area (Å²) < 4.78 is 0. The predicted molar refractivity (Wildman–Crippen MR) is 77.4 cm³/mol. The third-order valence-corrected chi connectivity index (χ3v) is 3.66. The molecule has 1 unspecified atom stereocenters. The van der Waals surface area contributed by atoms with Crippen LogP contribution in [0.2, 0.25) is 0 Å². The van der Waals surface area contributed by atoms with Crippen molar-refractivity contribution in [3.8, 4) is 0 Å². The lowest BCUT2D eigenvalue weighted by Crippen LogP contribution is -2.34. The summed E-state index contributed by atoms with van der Waals surface area (Å²) in [5.74, 6) is -0.584. The number of hydrogen-bond acceptors (Lipinski definition) is 3. The van der Waals surface area contributed by atoms with Crippen molar-refractivity contribution in [1.29, 1.82) is 0 Å². The molecule has 1 atom stereocenters. The highest BCUT2D eigenvalue weighted by molar-refractivity contribution is 7.98. The van der Waals surface area contributed by atoms with Gasteiger partial charge in [-0.25, -0.2) is 4.79 Å². The lowest BCUT2D eigenvalue weighted by molar-refractivity contribution is -0.142. The molecule has 2 N–H and O–H groups in total. The Balaban J connectivity index is 2.92. The van der Waals surface area contributed by atoms with Crippen molar-refractivity contribution in [1.82, 2.24) is 5.32 Å². The number of carbonyl (C=O) groups excluding carboxylic acids is 1. The standard InChI is InChI=1S/C14H19NO3S/c1-9-5-4-6-11(10(9)2)13(14(17)18)15-12(16)7-8-19-3/h4-6,13H,7-8H2,1-3H3,(H,15,16)(H,17,18). The molecule has 0 aromatic heterocycles. The maximum Gasteiger partial charge on any atom is 0.330 e. The number of benzene rings is 1. The van der Waals surface area contributed by atoms with E-state index in [0.717, 1.165) is 11.1 Å². The fourth-order valence-electron chi connectivity index (χ4n) is 1.79. The molecule has 104 valence electrons. The summed E-state index contributed by atoms with van der Waals surface area (Å²) in [6.07, 6.45) is 2.24. The normalized spacial score (nSPS) is 11.9.